The van der Waals surface area contributed by atoms with Crippen molar-refractivity contribution in [1.29, 1.82) is 0 Å². The molecular weight excluding hydrogens is 711 g/mol. The summed E-state index contributed by atoms with van der Waals surface area (Å²) in [6, 6.07) is 0. The molecule has 4 nitrogen and oxygen atoms in total. The minimum Gasteiger partial charge on any atom is -0.498 e. The van der Waals surface area contributed by atoms with Crippen LogP contribution >= 0.6 is 0 Å². The molecule has 0 amide bonds. The Hall–Kier alpha value is -2.10. The van der Waals surface area contributed by atoms with E-state index in [0.717, 1.165) is 50.4 Å². The molecule has 58 heavy (non-hydrogen) atoms. The van der Waals surface area contributed by atoms with E-state index >= 15 is 0 Å². The SMILES string of the molecule is CC(C)C1=C(C(C)C)CCCC1.CC(C)C1=C(C(C)C)NCCC1.CC(C)C1=C(C(C)C)OCC1.CC(C)C1=C(C(C)C)OCC1.CC(C)C1=C(C(C)C)OCCC1. The molecular formula is C54H99NO3. The first-order valence-corrected chi connectivity index (χ1v) is 24.4. The van der Waals surface area contributed by atoms with Gasteiger partial charge in [-0.25, -0.2) is 0 Å². The first kappa shape index (κ1) is 53.9. The Balaban J connectivity index is 0.000000363. The zero-order valence-corrected chi connectivity index (χ0v) is 42.4. The van der Waals surface area contributed by atoms with Crippen LogP contribution < -0.4 is 5.32 Å². The van der Waals surface area contributed by atoms with Crippen molar-refractivity contribution in [1.82, 2.24) is 5.32 Å². The fraction of sp³-hybridized carbons (Fsp3) is 0.815. The maximum atomic E-state index is 5.69. The maximum Gasteiger partial charge on any atom is 0.0981 e. The summed E-state index contributed by atoms with van der Waals surface area (Å²) in [5, 5.41) is 3.53. The van der Waals surface area contributed by atoms with Gasteiger partial charge in [-0.05, 0) is 115 Å². The highest BCUT2D eigenvalue weighted by atomic mass is 16.5. The molecule has 4 heterocycles. The fourth-order valence-corrected chi connectivity index (χ4v) is 9.16. The average Bonchev–Trinajstić information content (AvgIpc) is 3.88. The second-order valence-electron chi connectivity index (χ2n) is 20.6. The van der Waals surface area contributed by atoms with E-state index in [1.807, 2.05) is 0 Å². The van der Waals surface area contributed by atoms with Gasteiger partial charge in [0.05, 0.1) is 37.1 Å². The van der Waals surface area contributed by atoms with E-state index in [9.17, 15) is 0 Å². The quantitative estimate of drug-likeness (QED) is 0.223. The van der Waals surface area contributed by atoms with Crippen molar-refractivity contribution >= 4 is 0 Å². The van der Waals surface area contributed by atoms with Crippen LogP contribution in [0.3, 0.4) is 0 Å². The van der Waals surface area contributed by atoms with Crippen LogP contribution in [0.4, 0.5) is 0 Å². The highest BCUT2D eigenvalue weighted by Crippen LogP contribution is 2.35. The average molecular weight is 810 g/mol. The molecule has 5 aliphatic rings. The molecule has 1 N–H and O–H groups in total. The van der Waals surface area contributed by atoms with Gasteiger partial charge in [0, 0.05) is 42.8 Å². The van der Waals surface area contributed by atoms with Crippen molar-refractivity contribution in [3.8, 4) is 0 Å². The highest BCUT2D eigenvalue weighted by molar-refractivity contribution is 5.21. The van der Waals surface area contributed by atoms with Crippen LogP contribution in [0.25, 0.3) is 0 Å². The number of rotatable bonds is 10. The summed E-state index contributed by atoms with van der Waals surface area (Å²) < 4.78 is 16.8. The fourth-order valence-electron chi connectivity index (χ4n) is 9.16. The van der Waals surface area contributed by atoms with Crippen molar-refractivity contribution in [2.75, 3.05) is 26.4 Å². The summed E-state index contributed by atoms with van der Waals surface area (Å²) in [4.78, 5) is 0. The summed E-state index contributed by atoms with van der Waals surface area (Å²) in [6.07, 6.45) is 12.9. The minimum atomic E-state index is 0.558. The van der Waals surface area contributed by atoms with Gasteiger partial charge < -0.3 is 19.5 Å². The molecule has 4 heteroatoms. The summed E-state index contributed by atoms with van der Waals surface area (Å²) in [7, 11) is 0. The van der Waals surface area contributed by atoms with Crippen LogP contribution in [0.2, 0.25) is 0 Å². The monoisotopic (exact) mass is 810 g/mol. The van der Waals surface area contributed by atoms with E-state index in [0.29, 0.717) is 41.4 Å². The molecule has 0 saturated heterocycles. The Morgan fingerprint density at radius 2 is 0.603 bits per heavy atom. The lowest BCUT2D eigenvalue weighted by Crippen LogP contribution is -2.26. The molecule has 0 aromatic carbocycles. The normalized spacial score (nSPS) is 18.8. The summed E-state index contributed by atoms with van der Waals surface area (Å²) in [5.74, 6) is 10.4. The summed E-state index contributed by atoms with van der Waals surface area (Å²) in [6.45, 7) is 49.1. The number of nitrogens with one attached hydrogen (secondary N) is 1. The first-order valence-electron chi connectivity index (χ1n) is 24.4. The van der Waals surface area contributed by atoms with Crippen molar-refractivity contribution in [3.05, 3.63) is 56.4 Å². The lowest BCUT2D eigenvalue weighted by Gasteiger charge is -2.27. The van der Waals surface area contributed by atoms with Gasteiger partial charge in [0.1, 0.15) is 0 Å². The highest BCUT2D eigenvalue weighted by Gasteiger charge is 2.23. The molecule has 0 saturated carbocycles. The molecule has 338 valence electrons. The molecule has 0 bridgehead atoms. The van der Waals surface area contributed by atoms with Gasteiger partial charge in [-0.2, -0.15) is 0 Å². The number of hydrogen-bond acceptors (Lipinski definition) is 4. The number of hydrogen-bond donors (Lipinski definition) is 1. The van der Waals surface area contributed by atoms with E-state index in [-0.39, 0.29) is 0 Å². The van der Waals surface area contributed by atoms with Crippen LogP contribution in [0.15, 0.2) is 56.4 Å². The van der Waals surface area contributed by atoms with Crippen LogP contribution in [-0.4, -0.2) is 26.4 Å². The van der Waals surface area contributed by atoms with E-state index in [1.165, 1.54) is 97.6 Å². The molecule has 0 atom stereocenters. The third-order valence-corrected chi connectivity index (χ3v) is 12.2. The predicted octanol–water partition coefficient (Wildman–Crippen LogP) is 16.4. The van der Waals surface area contributed by atoms with Crippen molar-refractivity contribution in [2.45, 2.75) is 203 Å². The summed E-state index contributed by atoms with van der Waals surface area (Å²) in [5.41, 5.74) is 11.3. The van der Waals surface area contributed by atoms with E-state index in [1.54, 1.807) is 16.7 Å². The largest absolute Gasteiger partial charge is 0.498 e. The Bertz CT molecular complexity index is 1110. The Labute approximate surface area is 363 Å². The van der Waals surface area contributed by atoms with Gasteiger partial charge in [0.2, 0.25) is 0 Å². The van der Waals surface area contributed by atoms with Gasteiger partial charge >= 0.3 is 0 Å². The van der Waals surface area contributed by atoms with Gasteiger partial charge in [-0.1, -0.05) is 150 Å². The molecule has 0 unspecified atom stereocenters. The predicted molar refractivity (Wildman–Crippen MR) is 256 cm³/mol. The topological polar surface area (TPSA) is 39.7 Å². The molecule has 5 rings (SSSR count). The van der Waals surface area contributed by atoms with Crippen molar-refractivity contribution < 1.29 is 14.2 Å². The van der Waals surface area contributed by atoms with Crippen LogP contribution in [-0.2, 0) is 14.2 Å². The smallest absolute Gasteiger partial charge is 0.0981 e. The van der Waals surface area contributed by atoms with Crippen LogP contribution in [0.5, 0.6) is 0 Å². The van der Waals surface area contributed by atoms with Gasteiger partial charge in [-0.15, -0.1) is 0 Å². The lowest BCUT2D eigenvalue weighted by molar-refractivity contribution is 0.156. The second kappa shape index (κ2) is 27.7. The molecule has 0 radical (unpaired) electrons. The van der Waals surface area contributed by atoms with Crippen molar-refractivity contribution in [3.63, 3.8) is 0 Å². The third-order valence-electron chi connectivity index (χ3n) is 12.2. The standard InChI is InChI=1S/C12H22.C11H21N.C11H20O.2C10H18O/c1-9(2)11-7-5-6-8-12(11)10(3)4;2*1-8(2)10-6-5-7-12-11(10)9(3)4;2*1-7(2)9-5-6-11-10(9)8(3)4/h9-10H,5-8H2,1-4H3;8-9,12H,5-7H2,1-4H3;8-9H,5-7H2,1-4H3;2*7-8H,5-6H2,1-4H3. The maximum absolute atomic E-state index is 5.69. The van der Waals surface area contributed by atoms with Gasteiger partial charge in [0.15, 0.2) is 0 Å². The molecule has 0 aromatic rings. The molecule has 0 aromatic heterocycles. The lowest BCUT2D eigenvalue weighted by atomic mass is 9.81. The second-order valence-corrected chi connectivity index (χ2v) is 20.6. The van der Waals surface area contributed by atoms with Gasteiger partial charge in [0.25, 0.3) is 0 Å². The molecule has 0 spiro atoms. The van der Waals surface area contributed by atoms with E-state index in [4.69, 9.17) is 14.2 Å². The van der Waals surface area contributed by atoms with E-state index in [2.05, 4.69) is 144 Å². The molecule has 1 aliphatic carbocycles. The minimum absolute atomic E-state index is 0.558. The first-order chi connectivity index (χ1) is 27.1. The van der Waals surface area contributed by atoms with Gasteiger partial charge in [-0.3, -0.25) is 0 Å². The number of allylic oxidation sites excluding steroid dienone is 8. The molecule has 4 aliphatic heterocycles. The molecule has 0 fully saturated rings. The number of ether oxygens (including phenoxy) is 3. The van der Waals surface area contributed by atoms with Crippen molar-refractivity contribution in [2.24, 2.45) is 59.2 Å². The van der Waals surface area contributed by atoms with Crippen LogP contribution in [0, 0.1) is 59.2 Å². The Morgan fingerprint density at radius 3 is 0.879 bits per heavy atom. The van der Waals surface area contributed by atoms with E-state index < -0.39 is 0 Å². The van der Waals surface area contributed by atoms with Crippen LogP contribution in [0.1, 0.15) is 203 Å². The Morgan fingerprint density at radius 1 is 0.293 bits per heavy atom. The zero-order valence-electron chi connectivity index (χ0n) is 42.4. The Kier molecular flexibility index (Phi) is 25.7. The zero-order chi connectivity index (χ0) is 44.3. The third kappa shape index (κ3) is 18.3. The summed E-state index contributed by atoms with van der Waals surface area (Å²) >= 11 is 0.